The van der Waals surface area contributed by atoms with Crippen LogP contribution in [0.3, 0.4) is 0 Å². The second kappa shape index (κ2) is 6.25. The maximum Gasteiger partial charge on any atom is 0.292 e. The highest BCUT2D eigenvalue weighted by Gasteiger charge is 2.27. The number of sulfonamides is 1. The van der Waals surface area contributed by atoms with Crippen molar-refractivity contribution in [3.05, 3.63) is 34.1 Å². The third-order valence-electron chi connectivity index (χ3n) is 2.66. The summed E-state index contributed by atoms with van der Waals surface area (Å²) in [6.45, 7) is 3.10. The van der Waals surface area contributed by atoms with Crippen molar-refractivity contribution >= 4 is 15.7 Å². The van der Waals surface area contributed by atoms with Crippen LogP contribution in [0.5, 0.6) is 0 Å². The van der Waals surface area contributed by atoms with Gasteiger partial charge in [-0.05, 0) is 18.1 Å². The molecule has 0 bridgehead atoms. The number of nitro benzene ring substituents is 1. The van der Waals surface area contributed by atoms with Crippen LogP contribution in [-0.4, -0.2) is 31.1 Å². The van der Waals surface area contributed by atoms with Crippen LogP contribution in [0.1, 0.15) is 13.8 Å². The first kappa shape index (κ1) is 16.5. The van der Waals surface area contributed by atoms with E-state index in [9.17, 15) is 28.0 Å². The molecule has 0 aliphatic rings. The van der Waals surface area contributed by atoms with Gasteiger partial charge in [0, 0.05) is 6.54 Å². The van der Waals surface area contributed by atoms with Crippen LogP contribution >= 0.6 is 0 Å². The number of aliphatic hydroxyl groups is 1. The van der Waals surface area contributed by atoms with Gasteiger partial charge in [0.25, 0.3) is 5.69 Å². The van der Waals surface area contributed by atoms with E-state index in [1.54, 1.807) is 13.8 Å². The van der Waals surface area contributed by atoms with Gasteiger partial charge in [0.05, 0.1) is 17.1 Å². The lowest BCUT2D eigenvalue weighted by molar-refractivity contribution is -0.388. The van der Waals surface area contributed by atoms with Crippen LogP contribution in [-0.2, 0) is 10.0 Å². The van der Waals surface area contributed by atoms with E-state index in [1.807, 2.05) is 0 Å². The molecule has 0 saturated carbocycles. The molecule has 0 saturated heterocycles. The number of nitrogens with zero attached hydrogens (tertiary/aromatic N) is 1. The summed E-state index contributed by atoms with van der Waals surface area (Å²) in [6.07, 6.45) is -0.927. The lowest BCUT2D eigenvalue weighted by Crippen LogP contribution is -2.35. The van der Waals surface area contributed by atoms with Gasteiger partial charge >= 0.3 is 0 Å². The zero-order chi connectivity index (χ0) is 15.5. The Morgan fingerprint density at radius 3 is 2.55 bits per heavy atom. The number of benzene rings is 1. The summed E-state index contributed by atoms with van der Waals surface area (Å²) in [5, 5.41) is 20.3. The molecule has 1 unspecified atom stereocenters. The second-order valence-corrected chi connectivity index (χ2v) is 6.27. The van der Waals surface area contributed by atoms with E-state index in [0.29, 0.717) is 6.07 Å². The van der Waals surface area contributed by atoms with Crippen molar-refractivity contribution in [2.45, 2.75) is 24.8 Å². The van der Waals surface area contributed by atoms with Crippen molar-refractivity contribution in [1.82, 2.24) is 4.72 Å². The summed E-state index contributed by atoms with van der Waals surface area (Å²) >= 11 is 0. The normalized spacial score (nSPS) is 13.4. The Bertz CT molecular complexity index is 603. The minimum absolute atomic E-state index is 0.180. The summed E-state index contributed by atoms with van der Waals surface area (Å²) in [7, 11) is -4.20. The van der Waals surface area contributed by atoms with Gasteiger partial charge in [0.15, 0.2) is 4.90 Å². The maximum absolute atomic E-state index is 13.0. The molecule has 7 nitrogen and oxygen atoms in total. The van der Waals surface area contributed by atoms with Gasteiger partial charge in [-0.2, -0.15) is 0 Å². The highest BCUT2D eigenvalue weighted by molar-refractivity contribution is 7.89. The molecule has 0 aromatic heterocycles. The fraction of sp³-hybridized carbons (Fsp3) is 0.455. The third kappa shape index (κ3) is 3.95. The predicted octanol–water partition coefficient (Wildman–Crippen LogP) is 1.03. The first-order chi connectivity index (χ1) is 9.15. The van der Waals surface area contributed by atoms with Crippen molar-refractivity contribution in [1.29, 1.82) is 0 Å². The molecule has 1 aromatic carbocycles. The summed E-state index contributed by atoms with van der Waals surface area (Å²) < 4.78 is 38.9. The Morgan fingerprint density at radius 2 is 2.05 bits per heavy atom. The Hall–Kier alpha value is -1.58. The molecule has 0 radical (unpaired) electrons. The molecule has 9 heteroatoms. The first-order valence-electron chi connectivity index (χ1n) is 5.77. The molecule has 0 heterocycles. The summed E-state index contributed by atoms with van der Waals surface area (Å²) in [5.41, 5.74) is -0.850. The zero-order valence-electron chi connectivity index (χ0n) is 10.9. The number of nitrogens with one attached hydrogen (secondary N) is 1. The molecule has 1 rings (SSSR count). The van der Waals surface area contributed by atoms with E-state index in [1.165, 1.54) is 0 Å². The quantitative estimate of drug-likeness (QED) is 0.602. The molecular weight excluding hydrogens is 291 g/mol. The van der Waals surface area contributed by atoms with E-state index < -0.39 is 37.5 Å². The molecule has 0 amide bonds. The van der Waals surface area contributed by atoms with Crippen LogP contribution in [0.2, 0.25) is 0 Å². The lowest BCUT2D eigenvalue weighted by Gasteiger charge is -2.15. The van der Waals surface area contributed by atoms with Gasteiger partial charge in [-0.3, -0.25) is 10.1 Å². The van der Waals surface area contributed by atoms with E-state index in [2.05, 4.69) is 4.72 Å². The van der Waals surface area contributed by atoms with Gasteiger partial charge in [-0.1, -0.05) is 13.8 Å². The fourth-order valence-electron chi connectivity index (χ4n) is 1.37. The van der Waals surface area contributed by atoms with Crippen LogP contribution in [0.4, 0.5) is 10.1 Å². The number of hydrogen-bond acceptors (Lipinski definition) is 5. The van der Waals surface area contributed by atoms with Crippen molar-refractivity contribution in [3.63, 3.8) is 0 Å². The van der Waals surface area contributed by atoms with E-state index in [0.717, 1.165) is 12.1 Å². The van der Waals surface area contributed by atoms with Crippen LogP contribution < -0.4 is 4.72 Å². The standard InChI is InChI=1S/C11H15FN2O5S/c1-7(2)10(15)6-13-20(18,19)11-4-3-8(12)5-9(11)14(16)17/h3-5,7,10,13,15H,6H2,1-2H3. The number of nitro groups is 1. The van der Waals surface area contributed by atoms with Gasteiger partial charge in [-0.15, -0.1) is 0 Å². The van der Waals surface area contributed by atoms with Gasteiger partial charge < -0.3 is 5.11 Å². The Balaban J connectivity index is 3.07. The van der Waals surface area contributed by atoms with Crippen LogP contribution in [0.25, 0.3) is 0 Å². The molecule has 0 aliphatic heterocycles. The lowest BCUT2D eigenvalue weighted by atomic mass is 10.1. The fourth-order valence-corrected chi connectivity index (χ4v) is 2.57. The van der Waals surface area contributed by atoms with Crippen LogP contribution in [0, 0.1) is 21.8 Å². The third-order valence-corrected chi connectivity index (χ3v) is 4.13. The molecular formula is C11H15FN2O5S. The van der Waals surface area contributed by atoms with Gasteiger partial charge in [-0.25, -0.2) is 17.5 Å². The topological polar surface area (TPSA) is 110 Å². The monoisotopic (exact) mass is 306 g/mol. The van der Waals surface area contributed by atoms with Gasteiger partial charge in [0.2, 0.25) is 10.0 Å². The van der Waals surface area contributed by atoms with Gasteiger partial charge in [0.1, 0.15) is 5.82 Å². The molecule has 2 N–H and O–H groups in total. The molecule has 0 fully saturated rings. The summed E-state index contributed by atoms with van der Waals surface area (Å²) in [5.74, 6) is -1.08. The Labute approximate surface area is 115 Å². The smallest absolute Gasteiger partial charge is 0.292 e. The highest BCUT2D eigenvalue weighted by atomic mass is 32.2. The average molecular weight is 306 g/mol. The highest BCUT2D eigenvalue weighted by Crippen LogP contribution is 2.24. The number of hydrogen-bond donors (Lipinski definition) is 2. The summed E-state index contributed by atoms with van der Waals surface area (Å²) in [4.78, 5) is 9.15. The first-order valence-corrected chi connectivity index (χ1v) is 7.25. The van der Waals surface area contributed by atoms with E-state index in [-0.39, 0.29) is 12.5 Å². The maximum atomic E-state index is 13.0. The minimum atomic E-state index is -4.20. The predicted molar refractivity (Wildman–Crippen MR) is 69.1 cm³/mol. The molecule has 20 heavy (non-hydrogen) atoms. The van der Waals surface area contributed by atoms with E-state index >= 15 is 0 Å². The number of aliphatic hydroxyl groups excluding tert-OH is 1. The summed E-state index contributed by atoms with van der Waals surface area (Å²) in [6, 6.07) is 2.17. The van der Waals surface area contributed by atoms with Crippen molar-refractivity contribution < 1.29 is 22.8 Å². The molecule has 1 atom stereocenters. The van der Waals surface area contributed by atoms with Crippen LogP contribution in [0.15, 0.2) is 23.1 Å². The average Bonchev–Trinajstić information content (AvgIpc) is 2.35. The SMILES string of the molecule is CC(C)C(O)CNS(=O)(=O)c1ccc(F)cc1[N+](=O)[O-]. The Morgan fingerprint density at radius 1 is 1.45 bits per heavy atom. The molecule has 0 spiro atoms. The van der Waals surface area contributed by atoms with Crippen molar-refractivity contribution in [2.24, 2.45) is 5.92 Å². The van der Waals surface area contributed by atoms with Crippen molar-refractivity contribution in [2.75, 3.05) is 6.54 Å². The minimum Gasteiger partial charge on any atom is -0.391 e. The number of rotatable bonds is 6. The number of halogens is 1. The van der Waals surface area contributed by atoms with E-state index in [4.69, 9.17) is 0 Å². The molecule has 0 aliphatic carbocycles. The Kier molecular flexibility index (Phi) is 5.15. The molecule has 1 aromatic rings. The largest absolute Gasteiger partial charge is 0.391 e. The second-order valence-electron chi connectivity index (χ2n) is 4.53. The van der Waals surface area contributed by atoms with Crippen molar-refractivity contribution in [3.8, 4) is 0 Å². The zero-order valence-corrected chi connectivity index (χ0v) is 11.7. The molecule has 112 valence electrons.